The number of rotatable bonds is 4. The molecular formula is C13H18FNO2. The zero-order chi connectivity index (χ0) is 12.1. The van der Waals surface area contributed by atoms with Crippen LogP contribution < -0.4 is 5.73 Å². The summed E-state index contributed by atoms with van der Waals surface area (Å²) in [5.41, 5.74) is 7.00. The highest BCUT2D eigenvalue weighted by Gasteiger charge is 2.13. The molecule has 3 nitrogen and oxygen atoms in total. The zero-order valence-corrected chi connectivity index (χ0v) is 9.82. The van der Waals surface area contributed by atoms with Crippen molar-refractivity contribution in [2.24, 2.45) is 5.92 Å². The van der Waals surface area contributed by atoms with Gasteiger partial charge in [0.15, 0.2) is 0 Å². The Bertz CT molecular complexity index is 364. The molecule has 94 valence electrons. The fourth-order valence-electron chi connectivity index (χ4n) is 1.95. The third kappa shape index (κ3) is 3.68. The lowest BCUT2D eigenvalue weighted by Crippen LogP contribution is -2.20. The van der Waals surface area contributed by atoms with Crippen LogP contribution in [-0.2, 0) is 16.1 Å². The van der Waals surface area contributed by atoms with E-state index < -0.39 is 0 Å². The van der Waals surface area contributed by atoms with Gasteiger partial charge in [0.1, 0.15) is 5.82 Å². The number of ether oxygens (including phenoxy) is 2. The van der Waals surface area contributed by atoms with Crippen LogP contribution in [0.3, 0.4) is 0 Å². The Morgan fingerprint density at radius 2 is 2.12 bits per heavy atom. The van der Waals surface area contributed by atoms with Gasteiger partial charge in [-0.1, -0.05) is 6.07 Å². The minimum atomic E-state index is -0.310. The summed E-state index contributed by atoms with van der Waals surface area (Å²) in [6, 6.07) is 4.41. The van der Waals surface area contributed by atoms with Gasteiger partial charge in [0.2, 0.25) is 0 Å². The maximum Gasteiger partial charge on any atom is 0.125 e. The molecule has 1 heterocycles. The van der Waals surface area contributed by atoms with E-state index in [-0.39, 0.29) is 5.82 Å². The zero-order valence-electron chi connectivity index (χ0n) is 9.82. The van der Waals surface area contributed by atoms with E-state index in [2.05, 4.69) is 0 Å². The maximum atomic E-state index is 12.8. The number of nitrogens with two attached hydrogens (primary N) is 1. The molecule has 1 saturated heterocycles. The molecule has 2 rings (SSSR count). The van der Waals surface area contributed by atoms with E-state index in [0.29, 0.717) is 18.2 Å². The number of anilines is 1. The molecule has 0 atom stereocenters. The number of hydrogen-bond donors (Lipinski definition) is 1. The molecule has 0 aliphatic carbocycles. The maximum absolute atomic E-state index is 12.8. The third-order valence-corrected chi connectivity index (χ3v) is 3.06. The highest BCUT2D eigenvalue weighted by molar-refractivity contribution is 5.46. The lowest BCUT2D eigenvalue weighted by atomic mass is 10.0. The first-order valence-electron chi connectivity index (χ1n) is 5.95. The fraction of sp³-hybridized carbons (Fsp3) is 0.538. The Morgan fingerprint density at radius 1 is 1.35 bits per heavy atom. The van der Waals surface area contributed by atoms with E-state index in [4.69, 9.17) is 15.2 Å². The van der Waals surface area contributed by atoms with Crippen LogP contribution in [0.5, 0.6) is 0 Å². The van der Waals surface area contributed by atoms with Crippen molar-refractivity contribution < 1.29 is 13.9 Å². The Hall–Kier alpha value is -1.13. The van der Waals surface area contributed by atoms with Gasteiger partial charge in [-0.25, -0.2) is 4.39 Å². The monoisotopic (exact) mass is 239 g/mol. The van der Waals surface area contributed by atoms with Crippen molar-refractivity contribution >= 4 is 5.69 Å². The molecule has 0 amide bonds. The molecule has 1 aromatic rings. The summed E-state index contributed by atoms with van der Waals surface area (Å²) in [6.07, 6.45) is 2.11. The Labute approximate surface area is 101 Å². The summed E-state index contributed by atoms with van der Waals surface area (Å²) in [5.74, 6) is 0.265. The van der Waals surface area contributed by atoms with Gasteiger partial charge < -0.3 is 15.2 Å². The van der Waals surface area contributed by atoms with Crippen LogP contribution >= 0.6 is 0 Å². The second kappa shape index (κ2) is 5.98. The molecule has 1 aliphatic rings. The van der Waals surface area contributed by atoms with Gasteiger partial charge >= 0.3 is 0 Å². The Kier molecular flexibility index (Phi) is 4.34. The highest BCUT2D eigenvalue weighted by Crippen LogP contribution is 2.18. The lowest BCUT2D eigenvalue weighted by Gasteiger charge is -2.21. The molecule has 1 aromatic carbocycles. The van der Waals surface area contributed by atoms with Crippen LogP contribution in [0.15, 0.2) is 18.2 Å². The van der Waals surface area contributed by atoms with Crippen LogP contribution in [0.25, 0.3) is 0 Å². The standard InChI is InChI=1S/C13H18FNO2/c14-12-2-1-11(13(15)7-12)9-17-8-10-3-5-16-6-4-10/h1-2,7,10H,3-6,8-9,15H2. The second-order valence-electron chi connectivity index (χ2n) is 4.41. The van der Waals surface area contributed by atoms with Crippen molar-refractivity contribution in [1.82, 2.24) is 0 Å². The van der Waals surface area contributed by atoms with Gasteiger partial charge in [0.25, 0.3) is 0 Å². The van der Waals surface area contributed by atoms with Gasteiger partial charge in [-0.2, -0.15) is 0 Å². The topological polar surface area (TPSA) is 44.5 Å². The van der Waals surface area contributed by atoms with Crippen molar-refractivity contribution in [1.29, 1.82) is 0 Å². The molecule has 0 aromatic heterocycles. The average molecular weight is 239 g/mol. The normalized spacial score (nSPS) is 17.2. The number of benzene rings is 1. The van der Waals surface area contributed by atoms with E-state index in [0.717, 1.165) is 38.2 Å². The molecule has 1 aliphatic heterocycles. The molecular weight excluding hydrogens is 221 g/mol. The van der Waals surface area contributed by atoms with Gasteiger partial charge in [-0.3, -0.25) is 0 Å². The summed E-state index contributed by atoms with van der Waals surface area (Å²) >= 11 is 0. The third-order valence-electron chi connectivity index (χ3n) is 3.06. The molecule has 0 saturated carbocycles. The smallest absolute Gasteiger partial charge is 0.125 e. The quantitative estimate of drug-likeness (QED) is 0.820. The van der Waals surface area contributed by atoms with Crippen molar-refractivity contribution in [3.8, 4) is 0 Å². The van der Waals surface area contributed by atoms with E-state index in [1.54, 1.807) is 6.07 Å². The van der Waals surface area contributed by atoms with Crippen molar-refractivity contribution in [2.45, 2.75) is 19.4 Å². The van der Waals surface area contributed by atoms with Gasteiger partial charge in [-0.15, -0.1) is 0 Å². The van der Waals surface area contributed by atoms with Gasteiger partial charge in [-0.05, 0) is 30.9 Å². The molecule has 0 bridgehead atoms. The molecule has 4 heteroatoms. The number of halogens is 1. The Morgan fingerprint density at radius 3 is 2.82 bits per heavy atom. The second-order valence-corrected chi connectivity index (χ2v) is 4.41. The van der Waals surface area contributed by atoms with Crippen LogP contribution in [-0.4, -0.2) is 19.8 Å². The van der Waals surface area contributed by atoms with Crippen LogP contribution in [0.1, 0.15) is 18.4 Å². The van der Waals surface area contributed by atoms with E-state index in [1.807, 2.05) is 0 Å². The van der Waals surface area contributed by atoms with E-state index in [1.165, 1.54) is 12.1 Å². The predicted octanol–water partition coefficient (Wildman–Crippen LogP) is 2.35. The largest absolute Gasteiger partial charge is 0.398 e. The summed E-state index contributed by atoms with van der Waals surface area (Å²) in [4.78, 5) is 0. The fourth-order valence-corrected chi connectivity index (χ4v) is 1.95. The average Bonchev–Trinajstić information content (AvgIpc) is 2.33. The molecule has 1 fully saturated rings. The van der Waals surface area contributed by atoms with Gasteiger partial charge in [0, 0.05) is 24.5 Å². The molecule has 17 heavy (non-hydrogen) atoms. The first-order valence-corrected chi connectivity index (χ1v) is 5.95. The van der Waals surface area contributed by atoms with Crippen LogP contribution in [0, 0.1) is 11.7 Å². The van der Waals surface area contributed by atoms with E-state index >= 15 is 0 Å². The highest BCUT2D eigenvalue weighted by atomic mass is 19.1. The summed E-state index contributed by atoms with van der Waals surface area (Å²) in [5, 5.41) is 0. The van der Waals surface area contributed by atoms with Crippen molar-refractivity contribution in [3.63, 3.8) is 0 Å². The molecule has 0 spiro atoms. The molecule has 0 radical (unpaired) electrons. The number of nitrogen functional groups attached to an aromatic ring is 1. The lowest BCUT2D eigenvalue weighted by molar-refractivity contribution is 0.0158. The SMILES string of the molecule is Nc1cc(F)ccc1COCC1CCOCC1. The minimum Gasteiger partial charge on any atom is -0.398 e. The summed E-state index contributed by atoms with van der Waals surface area (Å²) in [6.45, 7) is 2.82. The van der Waals surface area contributed by atoms with E-state index in [9.17, 15) is 4.39 Å². The Balaban J connectivity index is 1.77. The summed E-state index contributed by atoms with van der Waals surface area (Å²) in [7, 11) is 0. The number of hydrogen-bond acceptors (Lipinski definition) is 3. The first kappa shape index (κ1) is 12.3. The summed E-state index contributed by atoms with van der Waals surface area (Å²) < 4.78 is 23.7. The predicted molar refractivity (Wildman–Crippen MR) is 64.0 cm³/mol. The van der Waals surface area contributed by atoms with Crippen molar-refractivity contribution in [3.05, 3.63) is 29.6 Å². The minimum absolute atomic E-state index is 0.310. The van der Waals surface area contributed by atoms with Crippen LogP contribution in [0.4, 0.5) is 10.1 Å². The molecule has 0 unspecified atom stereocenters. The van der Waals surface area contributed by atoms with Gasteiger partial charge in [0.05, 0.1) is 13.2 Å². The van der Waals surface area contributed by atoms with Crippen molar-refractivity contribution in [2.75, 3.05) is 25.6 Å². The molecule has 2 N–H and O–H groups in total. The van der Waals surface area contributed by atoms with Crippen LogP contribution in [0.2, 0.25) is 0 Å². The first-order chi connectivity index (χ1) is 8.25.